The molecule has 2 amide bonds. The molecule has 27 heavy (non-hydrogen) atoms. The predicted octanol–water partition coefficient (Wildman–Crippen LogP) is 2.43. The Kier molecular flexibility index (Phi) is 3.70. The van der Waals surface area contributed by atoms with Crippen LogP contribution in [0.1, 0.15) is 45.1 Å². The van der Waals surface area contributed by atoms with Crippen molar-refractivity contribution in [3.05, 3.63) is 71.3 Å². The molecule has 0 bridgehead atoms. The maximum atomic E-state index is 13.2. The molecule has 1 aliphatic carbocycles. The number of benzene rings is 1. The van der Waals surface area contributed by atoms with E-state index in [-0.39, 0.29) is 17.9 Å². The van der Waals surface area contributed by atoms with E-state index >= 15 is 0 Å². The Morgan fingerprint density at radius 3 is 2.63 bits per heavy atom. The molecule has 0 radical (unpaired) electrons. The van der Waals surface area contributed by atoms with Gasteiger partial charge in [0, 0.05) is 25.3 Å². The average molecular weight is 360 g/mol. The molecule has 136 valence electrons. The topological polar surface area (TPSA) is 66.7 Å². The summed E-state index contributed by atoms with van der Waals surface area (Å²) in [6, 6.07) is 14.0. The number of imidazole rings is 1. The van der Waals surface area contributed by atoms with Gasteiger partial charge in [-0.2, -0.15) is 0 Å². The van der Waals surface area contributed by atoms with Crippen molar-refractivity contribution >= 4 is 17.3 Å². The maximum absolute atomic E-state index is 13.2. The van der Waals surface area contributed by atoms with Crippen LogP contribution in [0.5, 0.6) is 0 Å². The zero-order valence-electron chi connectivity index (χ0n) is 14.9. The Labute approximate surface area is 156 Å². The number of carbonyl (C=O) groups is 2. The molecule has 1 N–H and O–H groups in total. The monoisotopic (exact) mass is 360 g/mol. The SMILES string of the molecule is O=C(NC1CC1)c1nc(C(=O)N2CCc3ccccc3C2)n2ccccc12. The molecule has 0 atom stereocenters. The van der Waals surface area contributed by atoms with Gasteiger partial charge in [-0.15, -0.1) is 0 Å². The van der Waals surface area contributed by atoms with Gasteiger partial charge in [0.1, 0.15) is 0 Å². The number of nitrogens with one attached hydrogen (secondary N) is 1. The summed E-state index contributed by atoms with van der Waals surface area (Å²) < 4.78 is 1.73. The van der Waals surface area contributed by atoms with Gasteiger partial charge in [0.15, 0.2) is 5.69 Å². The molecule has 0 spiro atoms. The Morgan fingerprint density at radius 2 is 1.81 bits per heavy atom. The van der Waals surface area contributed by atoms with E-state index in [9.17, 15) is 9.59 Å². The zero-order chi connectivity index (χ0) is 18.4. The molecule has 1 aromatic carbocycles. The Balaban J connectivity index is 1.49. The van der Waals surface area contributed by atoms with E-state index in [4.69, 9.17) is 0 Å². The van der Waals surface area contributed by atoms with Gasteiger partial charge >= 0.3 is 0 Å². The summed E-state index contributed by atoms with van der Waals surface area (Å²) in [5.74, 6) is -0.0497. The zero-order valence-corrected chi connectivity index (χ0v) is 14.9. The lowest BCUT2D eigenvalue weighted by molar-refractivity contribution is 0.0721. The summed E-state index contributed by atoms with van der Waals surface area (Å²) in [6.07, 6.45) is 4.65. The number of hydrogen-bond donors (Lipinski definition) is 1. The van der Waals surface area contributed by atoms with Gasteiger partial charge < -0.3 is 10.2 Å². The van der Waals surface area contributed by atoms with Crippen LogP contribution in [0.4, 0.5) is 0 Å². The number of amides is 2. The molecule has 3 heterocycles. The van der Waals surface area contributed by atoms with E-state index in [0.717, 1.165) is 19.3 Å². The fourth-order valence-electron chi connectivity index (χ4n) is 3.65. The second kappa shape index (κ2) is 6.23. The molecular weight excluding hydrogens is 340 g/mol. The molecule has 6 heteroatoms. The minimum absolute atomic E-state index is 0.142. The van der Waals surface area contributed by atoms with E-state index in [2.05, 4.69) is 22.4 Å². The lowest BCUT2D eigenvalue weighted by Gasteiger charge is -2.28. The summed E-state index contributed by atoms with van der Waals surface area (Å²) in [7, 11) is 0. The standard InChI is InChI=1S/C21H20N4O2/c26-20(22-16-8-9-16)18-17-7-3-4-11-25(17)19(23-18)21(27)24-12-10-14-5-1-2-6-15(14)13-24/h1-7,11,16H,8-10,12-13H2,(H,22,26). The van der Waals surface area contributed by atoms with Gasteiger partial charge in [-0.05, 0) is 42.5 Å². The highest BCUT2D eigenvalue weighted by Crippen LogP contribution is 2.23. The number of rotatable bonds is 3. The van der Waals surface area contributed by atoms with Crippen LogP contribution < -0.4 is 5.32 Å². The number of carbonyl (C=O) groups excluding carboxylic acids is 2. The van der Waals surface area contributed by atoms with Crippen LogP contribution >= 0.6 is 0 Å². The van der Waals surface area contributed by atoms with Crippen LogP contribution in [-0.2, 0) is 13.0 Å². The van der Waals surface area contributed by atoms with E-state index in [1.54, 1.807) is 10.6 Å². The van der Waals surface area contributed by atoms with Crippen LogP contribution in [0, 0.1) is 0 Å². The Morgan fingerprint density at radius 1 is 1.04 bits per heavy atom. The van der Waals surface area contributed by atoms with Crippen molar-refractivity contribution in [1.29, 1.82) is 0 Å². The first-order valence-corrected chi connectivity index (χ1v) is 9.35. The highest BCUT2D eigenvalue weighted by Gasteiger charge is 2.29. The van der Waals surface area contributed by atoms with Crippen LogP contribution in [0.3, 0.4) is 0 Å². The molecule has 2 aromatic heterocycles. The van der Waals surface area contributed by atoms with Crippen molar-refractivity contribution in [2.24, 2.45) is 0 Å². The number of nitrogens with zero attached hydrogens (tertiary/aromatic N) is 3. The molecule has 0 unspecified atom stereocenters. The fraction of sp³-hybridized carbons (Fsp3) is 0.286. The Hall–Kier alpha value is -3.15. The van der Waals surface area contributed by atoms with Gasteiger partial charge in [0.05, 0.1) is 5.52 Å². The fourth-order valence-corrected chi connectivity index (χ4v) is 3.65. The molecule has 5 rings (SSSR count). The molecule has 1 fully saturated rings. The lowest BCUT2D eigenvalue weighted by Crippen LogP contribution is -2.37. The van der Waals surface area contributed by atoms with Gasteiger partial charge in [0.2, 0.25) is 5.82 Å². The third kappa shape index (κ3) is 2.87. The summed E-state index contributed by atoms with van der Waals surface area (Å²) >= 11 is 0. The van der Waals surface area contributed by atoms with Crippen molar-refractivity contribution < 1.29 is 9.59 Å². The van der Waals surface area contributed by atoms with Crippen LogP contribution in [0.2, 0.25) is 0 Å². The van der Waals surface area contributed by atoms with E-state index in [1.165, 1.54) is 11.1 Å². The quantitative estimate of drug-likeness (QED) is 0.780. The Bertz CT molecular complexity index is 1050. The van der Waals surface area contributed by atoms with Crippen molar-refractivity contribution in [3.8, 4) is 0 Å². The van der Waals surface area contributed by atoms with Gasteiger partial charge in [0.25, 0.3) is 11.8 Å². The molecule has 2 aliphatic rings. The van der Waals surface area contributed by atoms with Crippen LogP contribution in [0.15, 0.2) is 48.7 Å². The molecule has 1 saturated carbocycles. The highest BCUT2D eigenvalue weighted by atomic mass is 16.2. The first kappa shape index (κ1) is 16.1. The second-order valence-corrected chi connectivity index (χ2v) is 7.23. The summed E-state index contributed by atoms with van der Waals surface area (Å²) in [4.78, 5) is 32.1. The van der Waals surface area contributed by atoms with Crippen molar-refractivity contribution in [1.82, 2.24) is 19.6 Å². The molecule has 1 aliphatic heterocycles. The predicted molar refractivity (Wildman–Crippen MR) is 101 cm³/mol. The first-order chi connectivity index (χ1) is 13.2. The number of pyridine rings is 1. The third-order valence-electron chi connectivity index (χ3n) is 5.29. The average Bonchev–Trinajstić information content (AvgIpc) is 3.44. The molecule has 3 aromatic rings. The smallest absolute Gasteiger partial charge is 0.290 e. The summed E-state index contributed by atoms with van der Waals surface area (Å²) in [5.41, 5.74) is 3.45. The van der Waals surface area contributed by atoms with Crippen LogP contribution in [0.25, 0.3) is 5.52 Å². The van der Waals surface area contributed by atoms with Gasteiger partial charge in [-0.3, -0.25) is 14.0 Å². The highest BCUT2D eigenvalue weighted by molar-refractivity contribution is 6.02. The molecule has 0 saturated heterocycles. The van der Waals surface area contributed by atoms with Gasteiger partial charge in [-0.1, -0.05) is 30.3 Å². The second-order valence-electron chi connectivity index (χ2n) is 7.23. The van der Waals surface area contributed by atoms with E-state index in [0.29, 0.717) is 30.1 Å². The lowest BCUT2D eigenvalue weighted by atomic mass is 10.00. The minimum atomic E-state index is -0.204. The van der Waals surface area contributed by atoms with E-state index in [1.807, 2.05) is 35.2 Å². The third-order valence-corrected chi connectivity index (χ3v) is 5.29. The minimum Gasteiger partial charge on any atom is -0.348 e. The number of hydrogen-bond acceptors (Lipinski definition) is 3. The number of fused-ring (bicyclic) bond motifs is 2. The summed E-state index contributed by atoms with van der Waals surface area (Å²) in [5, 5.41) is 2.97. The first-order valence-electron chi connectivity index (χ1n) is 9.35. The van der Waals surface area contributed by atoms with Crippen molar-refractivity contribution in [2.45, 2.75) is 31.8 Å². The maximum Gasteiger partial charge on any atom is 0.290 e. The van der Waals surface area contributed by atoms with Crippen molar-refractivity contribution in [3.63, 3.8) is 0 Å². The van der Waals surface area contributed by atoms with Gasteiger partial charge in [-0.25, -0.2) is 4.98 Å². The summed E-state index contributed by atoms with van der Waals surface area (Å²) in [6.45, 7) is 1.22. The normalized spacial score (nSPS) is 16.2. The van der Waals surface area contributed by atoms with E-state index < -0.39 is 0 Å². The van der Waals surface area contributed by atoms with Crippen molar-refractivity contribution in [2.75, 3.05) is 6.54 Å². The van der Waals surface area contributed by atoms with Crippen LogP contribution in [-0.4, -0.2) is 38.7 Å². The largest absolute Gasteiger partial charge is 0.348 e. The number of aromatic nitrogens is 2. The molecule has 6 nitrogen and oxygen atoms in total. The molecular formula is C21H20N4O2.